The lowest BCUT2D eigenvalue weighted by Crippen LogP contribution is -2.52. The highest BCUT2D eigenvalue weighted by atomic mass is 16.8. The molecule has 0 unspecified atom stereocenters. The first kappa shape index (κ1) is 23.3. The molecular weight excluding hydrogens is 442 g/mol. The van der Waals surface area contributed by atoms with Crippen molar-refractivity contribution in [1.82, 2.24) is 4.98 Å². The van der Waals surface area contributed by atoms with Gasteiger partial charge in [0.15, 0.2) is 17.5 Å². The van der Waals surface area contributed by atoms with Crippen molar-refractivity contribution in [2.75, 3.05) is 6.61 Å². The maximum atomic E-state index is 13.3. The average molecular weight is 474 g/mol. The molecule has 3 aliphatic rings. The second kappa shape index (κ2) is 7.78. The van der Waals surface area contributed by atoms with E-state index in [1.54, 1.807) is 20.0 Å². The Balaban J connectivity index is 1.62. The molecular formula is C25H31NO8. The van der Waals surface area contributed by atoms with E-state index in [1.165, 1.54) is 13.8 Å². The number of nitrogens with one attached hydrogen (secondary N) is 1. The van der Waals surface area contributed by atoms with Gasteiger partial charge in [0.2, 0.25) is 0 Å². The van der Waals surface area contributed by atoms with Crippen LogP contribution in [0.5, 0.6) is 0 Å². The molecule has 184 valence electrons. The highest BCUT2D eigenvalue weighted by molar-refractivity contribution is 5.99. The molecule has 34 heavy (non-hydrogen) atoms. The Morgan fingerprint density at radius 2 is 1.56 bits per heavy atom. The molecule has 4 heterocycles. The van der Waals surface area contributed by atoms with Crippen LogP contribution in [0.25, 0.3) is 10.9 Å². The fraction of sp³-hybridized carbons (Fsp3) is 0.600. The molecule has 5 rings (SSSR count). The number of rotatable bonds is 4. The molecule has 3 fully saturated rings. The van der Waals surface area contributed by atoms with Crippen molar-refractivity contribution in [3.05, 3.63) is 36.0 Å². The fourth-order valence-corrected chi connectivity index (χ4v) is 5.20. The van der Waals surface area contributed by atoms with Gasteiger partial charge in [-0.05, 0) is 39.3 Å². The quantitative estimate of drug-likeness (QED) is 0.532. The van der Waals surface area contributed by atoms with Crippen LogP contribution in [0.1, 0.15) is 53.0 Å². The number of aromatic nitrogens is 1. The van der Waals surface area contributed by atoms with E-state index in [9.17, 15) is 9.59 Å². The maximum Gasteiger partial charge on any atom is 0.324 e. The van der Waals surface area contributed by atoms with Crippen molar-refractivity contribution in [2.45, 2.75) is 83.1 Å². The SMILES string of the molecule is CC1(C)OC(=O)C([C@@H](c2c[nH]c3ccccc23)[C@@H]2OC(C)(C)O[C@H]2[C@@H]2COC(C)(C)O2)C(=O)O1. The zero-order chi connectivity index (χ0) is 24.5. The second-order valence-corrected chi connectivity index (χ2v) is 10.5. The van der Waals surface area contributed by atoms with Crippen LogP contribution in [0.3, 0.4) is 0 Å². The number of H-pyrrole nitrogens is 1. The topological polar surface area (TPSA) is 105 Å². The Kier molecular flexibility index (Phi) is 5.33. The van der Waals surface area contributed by atoms with Crippen molar-refractivity contribution in [3.8, 4) is 0 Å². The molecule has 0 spiro atoms. The molecule has 1 N–H and O–H groups in total. The molecule has 9 heteroatoms. The number of hydrogen-bond donors (Lipinski definition) is 1. The van der Waals surface area contributed by atoms with Gasteiger partial charge in [-0.25, -0.2) is 0 Å². The summed E-state index contributed by atoms with van der Waals surface area (Å²) in [5, 5.41) is 0.869. The van der Waals surface area contributed by atoms with Crippen molar-refractivity contribution in [3.63, 3.8) is 0 Å². The summed E-state index contributed by atoms with van der Waals surface area (Å²) in [5.41, 5.74) is 1.61. The van der Waals surface area contributed by atoms with Gasteiger partial charge >= 0.3 is 11.9 Å². The molecule has 2 aromatic rings. The molecule has 4 atom stereocenters. The molecule has 3 aliphatic heterocycles. The molecule has 0 aliphatic carbocycles. The lowest BCUT2D eigenvalue weighted by atomic mass is 9.78. The summed E-state index contributed by atoms with van der Waals surface area (Å²) in [6.07, 6.45) is 0.0210. The second-order valence-electron chi connectivity index (χ2n) is 10.5. The minimum absolute atomic E-state index is 0.292. The normalized spacial score (nSPS) is 31.4. The summed E-state index contributed by atoms with van der Waals surface area (Å²) < 4.78 is 35.6. The Morgan fingerprint density at radius 1 is 0.882 bits per heavy atom. The lowest BCUT2D eigenvalue weighted by molar-refractivity contribution is -0.243. The molecule has 0 saturated carbocycles. The van der Waals surface area contributed by atoms with Gasteiger partial charge in [-0.2, -0.15) is 0 Å². The predicted octanol–water partition coefficient (Wildman–Crippen LogP) is 3.38. The first-order chi connectivity index (χ1) is 15.9. The summed E-state index contributed by atoms with van der Waals surface area (Å²) in [5.74, 6) is -6.42. The van der Waals surface area contributed by atoms with Gasteiger partial charge in [-0.1, -0.05) is 18.2 Å². The third kappa shape index (κ3) is 4.11. The molecule has 1 aromatic heterocycles. The van der Waals surface area contributed by atoms with Gasteiger partial charge in [0.05, 0.1) is 12.7 Å². The number of benzene rings is 1. The van der Waals surface area contributed by atoms with Crippen LogP contribution in [-0.2, 0) is 38.0 Å². The maximum absolute atomic E-state index is 13.3. The number of carbonyl (C=O) groups excluding carboxylic acids is 2. The monoisotopic (exact) mass is 473 g/mol. The van der Waals surface area contributed by atoms with E-state index >= 15 is 0 Å². The van der Waals surface area contributed by atoms with E-state index in [-0.39, 0.29) is 0 Å². The number of ether oxygens (including phenoxy) is 6. The first-order valence-electron chi connectivity index (χ1n) is 11.5. The molecule has 9 nitrogen and oxygen atoms in total. The molecule has 0 bridgehead atoms. The van der Waals surface area contributed by atoms with E-state index < -0.39 is 59.4 Å². The number of carbonyl (C=O) groups is 2. The Hall–Kier alpha value is -2.46. The van der Waals surface area contributed by atoms with Gasteiger partial charge in [0, 0.05) is 36.9 Å². The van der Waals surface area contributed by atoms with Crippen LogP contribution in [0.2, 0.25) is 0 Å². The highest BCUT2D eigenvalue weighted by Crippen LogP contribution is 2.47. The zero-order valence-electron chi connectivity index (χ0n) is 20.2. The number of para-hydroxylation sites is 1. The summed E-state index contributed by atoms with van der Waals surface area (Å²) in [6.45, 7) is 10.6. The van der Waals surface area contributed by atoms with Crippen LogP contribution in [0, 0.1) is 5.92 Å². The van der Waals surface area contributed by atoms with Crippen LogP contribution in [0.4, 0.5) is 0 Å². The Morgan fingerprint density at radius 3 is 2.21 bits per heavy atom. The van der Waals surface area contributed by atoms with Crippen LogP contribution >= 0.6 is 0 Å². The van der Waals surface area contributed by atoms with Gasteiger partial charge in [-0.3, -0.25) is 9.59 Å². The van der Waals surface area contributed by atoms with Crippen molar-refractivity contribution < 1.29 is 38.0 Å². The summed E-state index contributed by atoms with van der Waals surface area (Å²) in [4.78, 5) is 29.8. The van der Waals surface area contributed by atoms with Gasteiger partial charge < -0.3 is 33.4 Å². The minimum Gasteiger partial charge on any atom is -0.422 e. The van der Waals surface area contributed by atoms with Crippen LogP contribution in [-0.4, -0.2) is 59.2 Å². The first-order valence-corrected chi connectivity index (χ1v) is 11.5. The summed E-state index contributed by atoms with van der Waals surface area (Å²) >= 11 is 0. The Bertz CT molecular complexity index is 1100. The van der Waals surface area contributed by atoms with Crippen LogP contribution < -0.4 is 0 Å². The number of hydrogen-bond acceptors (Lipinski definition) is 8. The number of esters is 2. The number of fused-ring (bicyclic) bond motifs is 1. The third-order valence-electron chi connectivity index (χ3n) is 6.45. The van der Waals surface area contributed by atoms with Crippen molar-refractivity contribution >= 4 is 22.8 Å². The number of aromatic amines is 1. The Labute approximate surface area is 198 Å². The van der Waals surface area contributed by atoms with Gasteiger partial charge in [0.1, 0.15) is 12.2 Å². The molecule has 3 saturated heterocycles. The van der Waals surface area contributed by atoms with E-state index in [0.29, 0.717) is 6.61 Å². The molecule has 0 amide bonds. The van der Waals surface area contributed by atoms with E-state index in [2.05, 4.69) is 4.98 Å². The summed E-state index contributed by atoms with van der Waals surface area (Å²) in [6, 6.07) is 7.68. The smallest absolute Gasteiger partial charge is 0.324 e. The van der Waals surface area contributed by atoms with Gasteiger partial charge in [0.25, 0.3) is 5.79 Å². The molecule has 1 aromatic carbocycles. The number of cyclic esters (lactones) is 2. The standard InChI is InChI=1S/C25H31NO8/c1-23(2)29-12-16(30-23)19-20(32-24(3,4)31-19)17(14-11-26-15-10-8-7-9-13(14)15)18-21(27)33-25(5,6)34-22(18)28/h7-11,16-20,26H,12H2,1-6H3/t16-,17+,19-,20-/m0/s1. The van der Waals surface area contributed by atoms with Crippen molar-refractivity contribution in [1.29, 1.82) is 0 Å². The van der Waals surface area contributed by atoms with Gasteiger partial charge in [-0.15, -0.1) is 0 Å². The average Bonchev–Trinajstić information content (AvgIpc) is 3.38. The fourth-order valence-electron chi connectivity index (χ4n) is 5.20. The minimum atomic E-state index is -1.34. The lowest BCUT2D eigenvalue weighted by Gasteiger charge is -2.38. The van der Waals surface area contributed by atoms with E-state index in [1.807, 2.05) is 38.1 Å². The largest absolute Gasteiger partial charge is 0.422 e. The predicted molar refractivity (Wildman–Crippen MR) is 120 cm³/mol. The highest BCUT2D eigenvalue weighted by Gasteiger charge is 2.58. The zero-order valence-corrected chi connectivity index (χ0v) is 20.2. The summed E-state index contributed by atoms with van der Waals surface area (Å²) in [7, 11) is 0. The van der Waals surface area contributed by atoms with E-state index in [0.717, 1.165) is 16.5 Å². The molecule has 0 radical (unpaired) electrons. The van der Waals surface area contributed by atoms with E-state index in [4.69, 9.17) is 28.4 Å². The van der Waals surface area contributed by atoms with Crippen LogP contribution in [0.15, 0.2) is 30.5 Å². The third-order valence-corrected chi connectivity index (χ3v) is 6.45. The van der Waals surface area contributed by atoms with Crippen molar-refractivity contribution in [2.24, 2.45) is 5.92 Å².